The summed E-state index contributed by atoms with van der Waals surface area (Å²) in [5, 5.41) is 6.34. The van der Waals surface area contributed by atoms with Crippen LogP contribution < -0.4 is 10.6 Å². The van der Waals surface area contributed by atoms with Crippen molar-refractivity contribution in [2.75, 3.05) is 7.05 Å². The standard InChI is InChI=1S/C22H20ClN3O2S/c1-12-9-14(7-8-25-12)18-10-16-20(13-3-5-15(23)6-4-13)17(11-19(27)24-2)26-22(28)21(16)29-18/h3-10,17,20H,11H2,1-2H3,(H,24,27)(H,26,28). The van der Waals surface area contributed by atoms with Crippen LogP contribution in [0.3, 0.4) is 0 Å². The third-order valence-electron chi connectivity index (χ3n) is 5.12. The monoisotopic (exact) mass is 425 g/mol. The van der Waals surface area contributed by atoms with E-state index in [0.29, 0.717) is 9.90 Å². The first-order chi connectivity index (χ1) is 14.0. The molecule has 5 nitrogen and oxygen atoms in total. The van der Waals surface area contributed by atoms with Gasteiger partial charge in [-0.25, -0.2) is 0 Å². The average Bonchev–Trinajstić information content (AvgIpc) is 3.15. The number of carbonyl (C=O) groups excluding carboxylic acids is 2. The lowest BCUT2D eigenvalue weighted by atomic mass is 9.81. The van der Waals surface area contributed by atoms with E-state index in [1.54, 1.807) is 13.2 Å². The van der Waals surface area contributed by atoms with Crippen molar-refractivity contribution in [1.82, 2.24) is 15.6 Å². The number of aromatic nitrogens is 1. The van der Waals surface area contributed by atoms with Crippen molar-refractivity contribution in [1.29, 1.82) is 0 Å². The van der Waals surface area contributed by atoms with Crippen LogP contribution >= 0.6 is 22.9 Å². The highest BCUT2D eigenvalue weighted by Gasteiger charge is 2.37. The second-order valence-electron chi connectivity index (χ2n) is 7.07. The zero-order chi connectivity index (χ0) is 20.5. The van der Waals surface area contributed by atoms with Gasteiger partial charge in [-0.2, -0.15) is 0 Å². The van der Waals surface area contributed by atoms with Gasteiger partial charge >= 0.3 is 0 Å². The molecule has 2 amide bonds. The van der Waals surface area contributed by atoms with Gasteiger partial charge in [-0.1, -0.05) is 23.7 Å². The number of pyridine rings is 1. The van der Waals surface area contributed by atoms with Crippen molar-refractivity contribution in [2.45, 2.75) is 25.3 Å². The lowest BCUT2D eigenvalue weighted by molar-refractivity contribution is -0.121. The lowest BCUT2D eigenvalue weighted by Gasteiger charge is -2.32. The third-order valence-corrected chi connectivity index (χ3v) is 6.57. The van der Waals surface area contributed by atoms with E-state index >= 15 is 0 Å². The van der Waals surface area contributed by atoms with Crippen LogP contribution in [0.2, 0.25) is 5.02 Å². The summed E-state index contributed by atoms with van der Waals surface area (Å²) in [5.74, 6) is -0.385. The average molecular weight is 426 g/mol. The fourth-order valence-corrected chi connectivity index (χ4v) is 4.97. The maximum Gasteiger partial charge on any atom is 0.261 e. The smallest absolute Gasteiger partial charge is 0.261 e. The molecule has 7 heteroatoms. The fourth-order valence-electron chi connectivity index (χ4n) is 3.74. The molecule has 2 N–H and O–H groups in total. The molecule has 1 aliphatic rings. The molecule has 0 spiro atoms. The number of aryl methyl sites for hydroxylation is 1. The second kappa shape index (κ2) is 7.97. The van der Waals surface area contributed by atoms with Crippen LogP contribution in [-0.2, 0) is 4.79 Å². The van der Waals surface area contributed by atoms with Crippen LogP contribution in [0.15, 0.2) is 48.7 Å². The summed E-state index contributed by atoms with van der Waals surface area (Å²) in [6.45, 7) is 1.94. The Balaban J connectivity index is 1.83. The van der Waals surface area contributed by atoms with Crippen LogP contribution in [0.4, 0.5) is 0 Å². The van der Waals surface area contributed by atoms with Gasteiger partial charge in [0.05, 0.1) is 4.88 Å². The maximum atomic E-state index is 12.8. The summed E-state index contributed by atoms with van der Waals surface area (Å²) < 4.78 is 0. The number of rotatable bonds is 4. The Morgan fingerprint density at radius 3 is 2.69 bits per heavy atom. The normalized spacial score (nSPS) is 18.1. The first kappa shape index (κ1) is 19.6. The second-order valence-corrected chi connectivity index (χ2v) is 8.56. The van der Waals surface area contributed by atoms with Crippen LogP contribution in [0, 0.1) is 6.92 Å². The molecule has 0 saturated carbocycles. The van der Waals surface area contributed by atoms with Crippen molar-refractivity contribution in [3.05, 3.63) is 75.4 Å². The Morgan fingerprint density at radius 2 is 2.00 bits per heavy atom. The molecule has 148 valence electrons. The molecule has 0 saturated heterocycles. The number of fused-ring (bicyclic) bond motifs is 1. The van der Waals surface area contributed by atoms with Gasteiger partial charge in [0, 0.05) is 47.2 Å². The van der Waals surface area contributed by atoms with Gasteiger partial charge in [0.15, 0.2) is 0 Å². The minimum absolute atomic E-state index is 0.113. The van der Waals surface area contributed by atoms with Crippen molar-refractivity contribution >= 4 is 34.8 Å². The number of halogens is 1. The van der Waals surface area contributed by atoms with E-state index in [0.717, 1.165) is 27.3 Å². The first-order valence-corrected chi connectivity index (χ1v) is 10.5. The quantitative estimate of drug-likeness (QED) is 0.659. The fraction of sp³-hybridized carbons (Fsp3) is 0.227. The van der Waals surface area contributed by atoms with Crippen LogP contribution in [-0.4, -0.2) is 29.9 Å². The third kappa shape index (κ3) is 3.91. The Labute approximate surface area is 178 Å². The number of benzene rings is 1. The number of nitrogens with zero attached hydrogens (tertiary/aromatic N) is 1. The minimum atomic E-state index is -0.335. The van der Waals surface area contributed by atoms with Crippen LogP contribution in [0.5, 0.6) is 0 Å². The molecule has 0 bridgehead atoms. The summed E-state index contributed by atoms with van der Waals surface area (Å²) >= 11 is 7.55. The number of carbonyl (C=O) groups is 2. The van der Waals surface area contributed by atoms with Gasteiger partial charge in [0.25, 0.3) is 5.91 Å². The Bertz CT molecular complexity index is 1080. The molecule has 0 radical (unpaired) electrons. The van der Waals surface area contributed by atoms with Crippen molar-refractivity contribution in [2.24, 2.45) is 0 Å². The summed E-state index contributed by atoms with van der Waals surface area (Å²) in [5.41, 5.74) is 3.91. The molecule has 2 unspecified atom stereocenters. The van der Waals surface area contributed by atoms with E-state index in [-0.39, 0.29) is 30.2 Å². The Morgan fingerprint density at radius 1 is 1.24 bits per heavy atom. The molecule has 0 aliphatic carbocycles. The van der Waals surface area contributed by atoms with Gasteiger partial charge < -0.3 is 10.6 Å². The van der Waals surface area contributed by atoms with E-state index in [2.05, 4.69) is 21.7 Å². The maximum absolute atomic E-state index is 12.8. The van der Waals surface area contributed by atoms with E-state index in [1.165, 1.54) is 11.3 Å². The van der Waals surface area contributed by atoms with Gasteiger partial charge in [0.2, 0.25) is 5.91 Å². The molecule has 29 heavy (non-hydrogen) atoms. The predicted molar refractivity (Wildman–Crippen MR) is 116 cm³/mol. The highest BCUT2D eigenvalue weighted by atomic mass is 35.5. The van der Waals surface area contributed by atoms with E-state index in [9.17, 15) is 9.59 Å². The molecule has 4 rings (SSSR count). The van der Waals surface area contributed by atoms with E-state index < -0.39 is 0 Å². The highest BCUT2D eigenvalue weighted by Crippen LogP contribution is 2.42. The van der Waals surface area contributed by atoms with Crippen LogP contribution in [0.25, 0.3) is 10.4 Å². The number of nitrogens with one attached hydrogen (secondary N) is 2. The SMILES string of the molecule is CNC(=O)CC1NC(=O)c2sc(-c3ccnc(C)c3)cc2C1c1ccc(Cl)cc1. The Kier molecular flexibility index (Phi) is 5.39. The number of thiophene rings is 1. The van der Waals surface area contributed by atoms with E-state index in [1.807, 2.05) is 43.3 Å². The molecule has 3 aromatic rings. The molecule has 2 aromatic heterocycles. The Hall–Kier alpha value is -2.70. The van der Waals surface area contributed by atoms with Crippen molar-refractivity contribution in [3.8, 4) is 10.4 Å². The van der Waals surface area contributed by atoms with Crippen LogP contribution in [0.1, 0.15) is 38.8 Å². The number of hydrogen-bond acceptors (Lipinski definition) is 4. The van der Waals surface area contributed by atoms with E-state index in [4.69, 9.17) is 11.6 Å². The highest BCUT2D eigenvalue weighted by molar-refractivity contribution is 7.17. The number of amides is 2. The molecule has 1 aromatic carbocycles. The topological polar surface area (TPSA) is 71.1 Å². The largest absolute Gasteiger partial charge is 0.359 e. The zero-order valence-corrected chi connectivity index (χ0v) is 17.6. The molecule has 1 aliphatic heterocycles. The van der Waals surface area contributed by atoms with Gasteiger partial charge in [-0.3, -0.25) is 14.6 Å². The van der Waals surface area contributed by atoms with Gasteiger partial charge in [-0.15, -0.1) is 11.3 Å². The first-order valence-electron chi connectivity index (χ1n) is 9.30. The summed E-state index contributed by atoms with van der Waals surface area (Å²) in [6.07, 6.45) is 1.98. The predicted octanol–water partition coefficient (Wildman–Crippen LogP) is 4.15. The molecule has 3 heterocycles. The van der Waals surface area contributed by atoms with Gasteiger partial charge in [-0.05, 0) is 53.9 Å². The van der Waals surface area contributed by atoms with Gasteiger partial charge in [0.1, 0.15) is 0 Å². The molecule has 2 atom stereocenters. The number of hydrogen-bond donors (Lipinski definition) is 2. The molecular weight excluding hydrogens is 406 g/mol. The summed E-state index contributed by atoms with van der Waals surface area (Å²) in [6, 6.07) is 13.3. The lowest BCUT2D eigenvalue weighted by Crippen LogP contribution is -2.46. The molecular formula is C22H20ClN3O2S. The summed E-state index contributed by atoms with van der Waals surface area (Å²) in [7, 11) is 1.60. The zero-order valence-electron chi connectivity index (χ0n) is 16.0. The summed E-state index contributed by atoms with van der Waals surface area (Å²) in [4.78, 5) is 30.9. The van der Waals surface area contributed by atoms with Crippen molar-refractivity contribution < 1.29 is 9.59 Å². The minimum Gasteiger partial charge on any atom is -0.359 e. The van der Waals surface area contributed by atoms with Crippen molar-refractivity contribution in [3.63, 3.8) is 0 Å². The molecule has 0 fully saturated rings.